The maximum absolute atomic E-state index is 10.2. The van der Waals surface area contributed by atoms with E-state index in [9.17, 15) is 20.4 Å². The first-order valence-corrected chi connectivity index (χ1v) is 10.3. The predicted molar refractivity (Wildman–Crippen MR) is 101 cm³/mol. The molecular weight excluding hydrogens is 598 g/mol. The summed E-state index contributed by atoms with van der Waals surface area (Å²) in [5.74, 6) is -0.713. The van der Waals surface area contributed by atoms with Crippen molar-refractivity contribution in [1.82, 2.24) is 19.9 Å². The van der Waals surface area contributed by atoms with Crippen LogP contribution in [0.25, 0.3) is 0 Å². The third-order valence-corrected chi connectivity index (χ3v) is 2.55. The molecule has 0 aliphatic heterocycles. The van der Waals surface area contributed by atoms with Gasteiger partial charge in [0.15, 0.2) is 0 Å². The minimum absolute atomic E-state index is 0. The maximum Gasteiger partial charge on any atom is 3.00 e. The number of halogens is 1. The molecular formula is C20H16ClN4O4Ru2. The largest absolute Gasteiger partial charge is 3.00 e. The smallest absolute Gasteiger partial charge is 0.859 e. The predicted octanol–water partition coefficient (Wildman–Crippen LogP) is 1.31. The molecule has 31 heavy (non-hydrogen) atoms. The molecule has 11 heteroatoms. The molecule has 0 aromatic carbocycles. The maximum atomic E-state index is 10.2. The van der Waals surface area contributed by atoms with Gasteiger partial charge in [0, 0.05) is 24.8 Å². The van der Waals surface area contributed by atoms with E-state index in [1.807, 2.05) is 17.3 Å². The second kappa shape index (κ2) is 22.0. The Hall–Kier alpha value is -2.66. The van der Waals surface area contributed by atoms with Gasteiger partial charge in [-0.2, -0.15) is 0 Å². The number of rotatable bonds is 0. The minimum Gasteiger partial charge on any atom is -0.859 e. The Morgan fingerprint density at radius 1 is 0.452 bits per heavy atom. The van der Waals surface area contributed by atoms with Gasteiger partial charge >= 0.3 is 46.5 Å². The Balaban J connectivity index is 0. The van der Waals surface area contributed by atoms with E-state index in [2.05, 4.69) is 29.6 Å². The van der Waals surface area contributed by atoms with Gasteiger partial charge in [-0.1, -0.05) is 48.5 Å². The fourth-order valence-electron chi connectivity index (χ4n) is 1.39. The van der Waals surface area contributed by atoms with Crippen LogP contribution in [0.3, 0.4) is 0 Å². The summed E-state index contributed by atoms with van der Waals surface area (Å²) < 4.78 is 0. The van der Waals surface area contributed by atoms with Gasteiger partial charge in [-0.15, -0.1) is 0 Å². The van der Waals surface area contributed by atoms with E-state index >= 15 is 0 Å². The first-order chi connectivity index (χ1) is 14.6. The van der Waals surface area contributed by atoms with E-state index in [1.54, 1.807) is 48.5 Å². The fraction of sp³-hybridized carbons (Fsp3) is 0. The minimum atomic E-state index is -0.178. The van der Waals surface area contributed by atoms with Crippen LogP contribution in [0.4, 0.5) is 0 Å². The van der Waals surface area contributed by atoms with Crippen molar-refractivity contribution in [2.24, 2.45) is 0 Å². The van der Waals surface area contributed by atoms with Crippen LogP contribution < -0.4 is 20.4 Å². The van der Waals surface area contributed by atoms with E-state index in [-0.39, 0.29) is 43.0 Å². The zero-order valence-electron chi connectivity index (χ0n) is 15.7. The van der Waals surface area contributed by atoms with Gasteiger partial charge in [0.1, 0.15) is 0 Å². The first-order valence-electron chi connectivity index (χ1n) is 8.03. The molecule has 0 saturated heterocycles. The Morgan fingerprint density at radius 3 is 0.710 bits per heavy atom. The van der Waals surface area contributed by atoms with Crippen molar-refractivity contribution in [3.8, 4) is 23.5 Å². The van der Waals surface area contributed by atoms with Crippen LogP contribution in [0.15, 0.2) is 97.6 Å². The molecule has 0 atom stereocenters. The van der Waals surface area contributed by atoms with Gasteiger partial charge in [0.05, 0.1) is 0 Å². The van der Waals surface area contributed by atoms with Crippen LogP contribution >= 0.6 is 9.69 Å². The molecule has 4 aromatic heterocycles. The number of aromatic nitrogens is 4. The zero-order valence-corrected chi connectivity index (χ0v) is 20.0. The molecule has 0 saturated carbocycles. The summed E-state index contributed by atoms with van der Waals surface area (Å²) in [6, 6.07) is 19.2. The molecule has 4 rings (SSSR count). The van der Waals surface area contributed by atoms with E-state index < -0.39 is 0 Å². The van der Waals surface area contributed by atoms with Crippen molar-refractivity contribution in [2.75, 3.05) is 0 Å². The summed E-state index contributed by atoms with van der Waals surface area (Å²) >= 11 is 1.82. The van der Waals surface area contributed by atoms with E-state index in [4.69, 9.17) is 0 Å². The van der Waals surface area contributed by atoms with E-state index in [0.29, 0.717) is 0 Å². The van der Waals surface area contributed by atoms with Crippen LogP contribution in [0.1, 0.15) is 0 Å². The van der Waals surface area contributed by atoms with Gasteiger partial charge in [-0.05, 0) is 47.8 Å². The monoisotopic (exact) mass is 615 g/mol. The second-order valence-electron chi connectivity index (χ2n) is 4.67. The van der Waals surface area contributed by atoms with Crippen LogP contribution in [0.5, 0.6) is 23.5 Å². The Morgan fingerprint density at radius 2 is 0.645 bits per heavy atom. The van der Waals surface area contributed by atoms with Crippen molar-refractivity contribution in [3.63, 3.8) is 0 Å². The fourth-order valence-corrected chi connectivity index (χ4v) is 1.39. The summed E-state index contributed by atoms with van der Waals surface area (Å²) in [5, 5.41) is 40.6. The summed E-state index contributed by atoms with van der Waals surface area (Å²) in [6.07, 6.45) is 5.90. The molecule has 0 fully saturated rings. The number of pyridine rings is 4. The summed E-state index contributed by atoms with van der Waals surface area (Å²) in [5.41, 5.74) is 0. The van der Waals surface area contributed by atoms with Gasteiger partial charge in [-0.25, -0.2) is 0 Å². The normalized spacial score (nSPS) is 7.94. The van der Waals surface area contributed by atoms with Crippen molar-refractivity contribution < 1.29 is 57.2 Å². The van der Waals surface area contributed by atoms with Gasteiger partial charge in [0.25, 0.3) is 0 Å². The van der Waals surface area contributed by atoms with E-state index in [1.165, 1.54) is 49.1 Å². The molecule has 4 heterocycles. The molecule has 0 bridgehead atoms. The molecule has 1 radical (unpaired) electrons. The molecule has 0 spiro atoms. The van der Waals surface area contributed by atoms with Crippen LogP contribution in [0.2, 0.25) is 0 Å². The Kier molecular flexibility index (Phi) is 21.7. The summed E-state index contributed by atoms with van der Waals surface area (Å²) in [6.45, 7) is 0. The van der Waals surface area contributed by atoms with Crippen LogP contribution in [0, 0.1) is 0 Å². The van der Waals surface area contributed by atoms with Crippen molar-refractivity contribution in [3.05, 3.63) is 97.6 Å². The van der Waals surface area contributed by atoms with Gasteiger partial charge in [-0.3, -0.25) is 19.9 Å². The van der Waals surface area contributed by atoms with Gasteiger partial charge < -0.3 is 20.4 Å². The average molecular weight is 614 g/mol. The third-order valence-electron chi connectivity index (χ3n) is 2.55. The summed E-state index contributed by atoms with van der Waals surface area (Å²) in [7, 11) is 4.57. The van der Waals surface area contributed by atoms with Crippen molar-refractivity contribution in [2.45, 2.75) is 0 Å². The molecule has 0 aliphatic carbocycles. The topological polar surface area (TPSA) is 144 Å². The number of hydrogen-bond donors (Lipinski definition) is 0. The molecule has 0 amide bonds. The number of hydrogen-bond acceptors (Lipinski definition) is 8. The SMILES string of the molecule is [Cl][Ru+].[O-]c1ccccn1.[O-]c1ccccn1.[O-]c1ccccn1.[O-]c1ccccn1.[Ru+3]. The Labute approximate surface area is 207 Å². The summed E-state index contributed by atoms with van der Waals surface area (Å²) in [4.78, 5) is 13.7. The quantitative estimate of drug-likeness (QED) is 0.270. The molecule has 0 unspecified atom stereocenters. The molecule has 163 valence electrons. The number of nitrogens with zero attached hydrogens (tertiary/aromatic N) is 4. The molecule has 0 N–H and O–H groups in total. The first kappa shape index (κ1) is 30.5. The Bertz CT molecular complexity index is 719. The third kappa shape index (κ3) is 20.4. The molecule has 8 nitrogen and oxygen atoms in total. The molecule has 0 aliphatic rings. The second-order valence-corrected chi connectivity index (χ2v) is 4.67. The van der Waals surface area contributed by atoms with E-state index in [0.717, 1.165) is 0 Å². The van der Waals surface area contributed by atoms with Crippen LogP contribution in [-0.4, -0.2) is 19.9 Å². The standard InChI is InChI=1S/4C5H5NO.ClH.2Ru/c4*7-5-3-1-2-4-6-5;;;/h4*1-4H,(H,6,7);1H;;/q;;;;;+2;+3/p-5. The van der Waals surface area contributed by atoms with Crippen molar-refractivity contribution in [1.29, 1.82) is 0 Å². The molecule has 4 aromatic rings. The average Bonchev–Trinajstić information content (AvgIpc) is 2.79. The van der Waals surface area contributed by atoms with Gasteiger partial charge in [0.2, 0.25) is 0 Å². The van der Waals surface area contributed by atoms with Crippen molar-refractivity contribution >= 4 is 9.69 Å². The van der Waals surface area contributed by atoms with Crippen LogP contribution in [-0.2, 0) is 36.8 Å². The zero-order chi connectivity index (χ0) is 22.5.